The van der Waals surface area contributed by atoms with Crippen molar-refractivity contribution in [1.82, 2.24) is 9.13 Å². The van der Waals surface area contributed by atoms with Crippen LogP contribution in [0.2, 0.25) is 0 Å². The molecular weight excluding hydrogens is 482 g/mol. The number of fused-ring (bicyclic) bond motifs is 1. The van der Waals surface area contributed by atoms with Gasteiger partial charge in [-0.15, -0.1) is 0 Å². The van der Waals surface area contributed by atoms with E-state index in [2.05, 4.69) is 11.9 Å². The summed E-state index contributed by atoms with van der Waals surface area (Å²) in [4.78, 5) is 44.0. The Hall–Kier alpha value is -4.20. The second-order valence-electron chi connectivity index (χ2n) is 9.32. The van der Waals surface area contributed by atoms with E-state index >= 15 is 0 Å². The standard InChI is InChI=1S/C30H33N3O5/c1-3-5-7-10-21-13-15-23(16-14-21)33-29(36)25(18-22-19-31-26-12-9-8-11-24(22)26)28(35)32(30(33)37)20-27(34)38-17-6-4-2/h8-9,11-16,18-19,35H,3-7,10,17,20H2,1-2H3. The predicted octanol–water partition coefficient (Wildman–Crippen LogP) is 5.04. The number of para-hydroxylation sites is 1. The third-order valence-corrected chi connectivity index (χ3v) is 6.52. The average Bonchev–Trinajstić information content (AvgIpc) is 3.33. The molecule has 8 nitrogen and oxygen atoms in total. The number of nitrogens with zero attached hydrogens (tertiary/aromatic N) is 3. The molecule has 3 aromatic rings. The van der Waals surface area contributed by atoms with E-state index in [1.807, 2.05) is 43.3 Å². The number of aliphatic imine (C=N–C) groups is 1. The lowest BCUT2D eigenvalue weighted by molar-refractivity contribution is -0.144. The summed E-state index contributed by atoms with van der Waals surface area (Å²) in [6.45, 7) is 3.81. The highest BCUT2D eigenvalue weighted by Crippen LogP contribution is 2.32. The van der Waals surface area contributed by atoms with Gasteiger partial charge in [-0.05, 0) is 49.1 Å². The molecule has 38 heavy (non-hydrogen) atoms. The number of esters is 1. The van der Waals surface area contributed by atoms with E-state index in [1.54, 1.807) is 18.3 Å². The highest BCUT2D eigenvalue weighted by atomic mass is 16.5. The lowest BCUT2D eigenvalue weighted by Crippen LogP contribution is -2.41. The first-order valence-corrected chi connectivity index (χ1v) is 13.1. The van der Waals surface area contributed by atoms with Gasteiger partial charge in [-0.2, -0.15) is 0 Å². The molecule has 1 aliphatic heterocycles. The average molecular weight is 516 g/mol. The van der Waals surface area contributed by atoms with Gasteiger partial charge in [0.2, 0.25) is 5.88 Å². The second-order valence-corrected chi connectivity index (χ2v) is 9.32. The second kappa shape index (κ2) is 12.4. The van der Waals surface area contributed by atoms with E-state index in [4.69, 9.17) is 4.74 Å². The number of hydrogen-bond acceptors (Lipinski definition) is 6. The minimum atomic E-state index is -0.818. The molecule has 0 radical (unpaired) electrons. The van der Waals surface area contributed by atoms with E-state index in [0.717, 1.165) is 58.1 Å². The van der Waals surface area contributed by atoms with Crippen molar-refractivity contribution in [3.8, 4) is 11.6 Å². The Bertz CT molecular complexity index is 1480. The number of carbonyl (C=O) groups is 1. The summed E-state index contributed by atoms with van der Waals surface area (Å²) in [5.41, 5.74) is 1.99. The monoisotopic (exact) mass is 515 g/mol. The molecule has 1 N–H and O–H groups in total. The normalized spacial score (nSPS) is 13.2. The first-order chi connectivity index (χ1) is 18.4. The number of allylic oxidation sites excluding steroid dienone is 1. The zero-order valence-electron chi connectivity index (χ0n) is 21.9. The van der Waals surface area contributed by atoms with Crippen LogP contribution in [-0.2, 0) is 22.5 Å². The molecule has 2 heterocycles. The largest absolute Gasteiger partial charge is 0.494 e. The number of benzene rings is 2. The van der Waals surface area contributed by atoms with Gasteiger partial charge in [0.15, 0.2) is 0 Å². The van der Waals surface area contributed by atoms with Crippen molar-refractivity contribution in [1.29, 1.82) is 0 Å². The Morgan fingerprint density at radius 2 is 1.74 bits per heavy atom. The van der Waals surface area contributed by atoms with Crippen molar-refractivity contribution in [3.05, 3.63) is 86.1 Å². The van der Waals surface area contributed by atoms with Crippen LogP contribution in [0.4, 0.5) is 5.69 Å². The number of hydrogen-bond donors (Lipinski definition) is 1. The highest BCUT2D eigenvalue weighted by molar-refractivity contribution is 6.21. The van der Waals surface area contributed by atoms with Crippen LogP contribution in [0.1, 0.15) is 62.6 Å². The fourth-order valence-corrected chi connectivity index (χ4v) is 4.36. The van der Waals surface area contributed by atoms with Crippen LogP contribution >= 0.6 is 0 Å². The molecule has 1 aliphatic rings. The SMILES string of the molecule is CCCCCc1ccc(-n2c(=O)c(C=C3C=Nc4ccccc43)c(O)n(CC(=O)OCCCC)c2=O)cc1. The predicted molar refractivity (Wildman–Crippen MR) is 150 cm³/mol. The van der Waals surface area contributed by atoms with Crippen LogP contribution in [0.15, 0.2) is 63.1 Å². The van der Waals surface area contributed by atoms with Crippen molar-refractivity contribution in [2.75, 3.05) is 6.61 Å². The first kappa shape index (κ1) is 26.9. The van der Waals surface area contributed by atoms with E-state index < -0.39 is 29.6 Å². The van der Waals surface area contributed by atoms with Gasteiger partial charge in [0.05, 0.1) is 18.0 Å². The zero-order chi connectivity index (χ0) is 27.1. The summed E-state index contributed by atoms with van der Waals surface area (Å²) >= 11 is 0. The van der Waals surface area contributed by atoms with Crippen LogP contribution in [0.25, 0.3) is 17.3 Å². The summed E-state index contributed by atoms with van der Waals surface area (Å²) in [6, 6.07) is 14.6. The van der Waals surface area contributed by atoms with Gasteiger partial charge in [-0.1, -0.05) is 63.4 Å². The maximum absolute atomic E-state index is 13.6. The summed E-state index contributed by atoms with van der Waals surface area (Å²) < 4.78 is 7.09. The van der Waals surface area contributed by atoms with Crippen LogP contribution in [0.3, 0.4) is 0 Å². The van der Waals surface area contributed by atoms with Crippen molar-refractivity contribution >= 4 is 29.5 Å². The lowest BCUT2D eigenvalue weighted by atomic mass is 10.0. The maximum atomic E-state index is 13.6. The molecule has 0 fully saturated rings. The number of aromatic nitrogens is 2. The Balaban J connectivity index is 1.81. The first-order valence-electron chi connectivity index (χ1n) is 13.1. The molecule has 0 unspecified atom stereocenters. The molecule has 2 aromatic carbocycles. The third-order valence-electron chi connectivity index (χ3n) is 6.52. The van der Waals surface area contributed by atoms with Gasteiger partial charge in [0.1, 0.15) is 12.1 Å². The zero-order valence-corrected chi connectivity index (χ0v) is 21.9. The summed E-state index contributed by atoms with van der Waals surface area (Å²) in [7, 11) is 0. The molecule has 8 heteroatoms. The molecule has 4 rings (SSSR count). The maximum Gasteiger partial charge on any atom is 0.339 e. The lowest BCUT2D eigenvalue weighted by Gasteiger charge is -2.15. The van der Waals surface area contributed by atoms with Crippen LogP contribution in [0.5, 0.6) is 5.88 Å². The van der Waals surface area contributed by atoms with Crippen molar-refractivity contribution in [2.45, 2.75) is 58.9 Å². The molecule has 0 saturated carbocycles. The fourth-order valence-electron chi connectivity index (χ4n) is 4.36. The number of rotatable bonds is 11. The molecule has 0 amide bonds. The number of aromatic hydroxyl groups is 1. The number of carbonyl (C=O) groups excluding carboxylic acids is 1. The minimum Gasteiger partial charge on any atom is -0.494 e. The van der Waals surface area contributed by atoms with Crippen LogP contribution < -0.4 is 11.2 Å². The summed E-state index contributed by atoms with van der Waals surface area (Å²) in [5.74, 6) is -1.26. The smallest absolute Gasteiger partial charge is 0.339 e. The Morgan fingerprint density at radius 1 is 1.00 bits per heavy atom. The quantitative estimate of drug-likeness (QED) is 0.285. The number of unbranched alkanes of at least 4 members (excludes halogenated alkanes) is 3. The van der Waals surface area contributed by atoms with Gasteiger partial charge in [0, 0.05) is 17.4 Å². The van der Waals surface area contributed by atoms with Crippen LogP contribution in [0, 0.1) is 0 Å². The van der Waals surface area contributed by atoms with Crippen molar-refractivity contribution in [3.63, 3.8) is 0 Å². The Kier molecular flexibility index (Phi) is 8.73. The van der Waals surface area contributed by atoms with Crippen LogP contribution in [-0.4, -0.2) is 33.0 Å². The summed E-state index contributed by atoms with van der Waals surface area (Å²) in [6.07, 6.45) is 8.85. The molecule has 0 aliphatic carbocycles. The van der Waals surface area contributed by atoms with Gasteiger partial charge in [0.25, 0.3) is 5.56 Å². The Labute approximate surface area is 221 Å². The molecule has 198 valence electrons. The Morgan fingerprint density at radius 3 is 2.47 bits per heavy atom. The molecule has 0 bridgehead atoms. The van der Waals surface area contributed by atoms with E-state index in [1.165, 1.54) is 6.08 Å². The topological polar surface area (TPSA) is 103 Å². The third kappa shape index (κ3) is 5.85. The fraction of sp³-hybridized carbons (Fsp3) is 0.333. The van der Waals surface area contributed by atoms with E-state index in [-0.39, 0.29) is 12.2 Å². The molecule has 1 aromatic heterocycles. The van der Waals surface area contributed by atoms with E-state index in [0.29, 0.717) is 17.7 Å². The molecule has 0 spiro atoms. The van der Waals surface area contributed by atoms with Crippen molar-refractivity contribution in [2.24, 2.45) is 4.99 Å². The summed E-state index contributed by atoms with van der Waals surface area (Å²) in [5, 5.41) is 11.1. The molecular formula is C30H33N3O5. The van der Waals surface area contributed by atoms with Gasteiger partial charge in [-0.3, -0.25) is 19.1 Å². The number of aryl methyl sites for hydroxylation is 1. The van der Waals surface area contributed by atoms with Gasteiger partial charge in [-0.25, -0.2) is 9.36 Å². The number of ether oxygens (including phenoxy) is 1. The molecule has 0 saturated heterocycles. The highest BCUT2D eigenvalue weighted by Gasteiger charge is 2.22. The van der Waals surface area contributed by atoms with Crippen molar-refractivity contribution < 1.29 is 14.6 Å². The molecule has 0 atom stereocenters. The van der Waals surface area contributed by atoms with E-state index in [9.17, 15) is 19.5 Å². The minimum absolute atomic E-state index is 0.115. The van der Waals surface area contributed by atoms with Gasteiger partial charge >= 0.3 is 11.7 Å². The van der Waals surface area contributed by atoms with Gasteiger partial charge < -0.3 is 9.84 Å².